The molecule has 3 rings (SSSR count). The van der Waals surface area contributed by atoms with Gasteiger partial charge in [-0.1, -0.05) is 17.8 Å². The number of carbonyl (C=O) groups is 1. The van der Waals surface area contributed by atoms with Crippen molar-refractivity contribution in [3.8, 4) is 0 Å². The molecular formula is C14H18N6O4S2. The number of benzene rings is 1. The van der Waals surface area contributed by atoms with Crippen molar-refractivity contribution in [2.75, 3.05) is 43.1 Å². The predicted octanol–water partition coefficient (Wildman–Crippen LogP) is 0.139. The van der Waals surface area contributed by atoms with E-state index in [1.807, 2.05) is 0 Å². The van der Waals surface area contributed by atoms with E-state index in [4.69, 9.17) is 10.5 Å². The molecule has 1 aliphatic rings. The first-order chi connectivity index (χ1) is 12.4. The average molecular weight is 398 g/mol. The second-order valence-electron chi connectivity index (χ2n) is 5.38. The summed E-state index contributed by atoms with van der Waals surface area (Å²) >= 11 is 1.12. The largest absolute Gasteiger partial charge is 0.379 e. The number of morpholine rings is 1. The number of rotatable bonds is 6. The molecule has 1 aromatic heterocycles. The number of sulfonamides is 1. The fourth-order valence-corrected chi connectivity index (χ4v) is 4.38. The second kappa shape index (κ2) is 8.03. The van der Waals surface area contributed by atoms with E-state index in [9.17, 15) is 13.2 Å². The molecule has 0 unspecified atom stereocenters. The third kappa shape index (κ3) is 4.52. The Kier molecular flexibility index (Phi) is 5.76. The molecule has 140 valence electrons. The van der Waals surface area contributed by atoms with E-state index in [2.05, 4.69) is 20.5 Å². The molecule has 4 N–H and O–H groups in total. The molecule has 0 spiro atoms. The Morgan fingerprint density at radius 1 is 1.38 bits per heavy atom. The zero-order valence-electron chi connectivity index (χ0n) is 13.7. The van der Waals surface area contributed by atoms with Gasteiger partial charge in [0.25, 0.3) is 0 Å². The quantitative estimate of drug-likeness (QED) is 0.583. The lowest BCUT2D eigenvalue weighted by Gasteiger charge is -2.26. The van der Waals surface area contributed by atoms with Crippen molar-refractivity contribution >= 4 is 39.3 Å². The van der Waals surface area contributed by atoms with Gasteiger partial charge in [-0.3, -0.25) is 4.79 Å². The maximum Gasteiger partial charge on any atom is 0.243 e. The molecule has 2 aromatic rings. The molecule has 12 heteroatoms. The van der Waals surface area contributed by atoms with Crippen LogP contribution in [-0.4, -0.2) is 65.9 Å². The SMILES string of the molecule is Nc1nc(SCC(=O)Nc2cccc(S(=O)(=O)N3CCOCC3)c2)n[nH]1. The lowest BCUT2D eigenvalue weighted by atomic mass is 10.3. The summed E-state index contributed by atoms with van der Waals surface area (Å²) < 4.78 is 31.9. The van der Waals surface area contributed by atoms with Crippen LogP contribution >= 0.6 is 11.8 Å². The molecule has 2 heterocycles. The highest BCUT2D eigenvalue weighted by Crippen LogP contribution is 2.21. The fraction of sp³-hybridized carbons (Fsp3) is 0.357. The maximum absolute atomic E-state index is 12.7. The minimum absolute atomic E-state index is 0.0672. The first kappa shape index (κ1) is 18.6. The van der Waals surface area contributed by atoms with Crippen molar-refractivity contribution in [2.24, 2.45) is 0 Å². The van der Waals surface area contributed by atoms with Crippen LogP contribution in [0.5, 0.6) is 0 Å². The Morgan fingerprint density at radius 3 is 2.85 bits per heavy atom. The van der Waals surface area contributed by atoms with Gasteiger partial charge in [0.15, 0.2) is 0 Å². The van der Waals surface area contributed by atoms with E-state index in [0.717, 1.165) is 11.8 Å². The number of nitrogens with zero attached hydrogens (tertiary/aromatic N) is 3. The molecule has 1 aromatic carbocycles. The van der Waals surface area contributed by atoms with Crippen molar-refractivity contribution in [3.05, 3.63) is 24.3 Å². The van der Waals surface area contributed by atoms with Crippen LogP contribution in [0.15, 0.2) is 34.3 Å². The number of nitrogens with two attached hydrogens (primary N) is 1. The van der Waals surface area contributed by atoms with Crippen LogP contribution in [0.25, 0.3) is 0 Å². The Balaban J connectivity index is 1.64. The first-order valence-electron chi connectivity index (χ1n) is 7.73. The summed E-state index contributed by atoms with van der Waals surface area (Å²) in [6, 6.07) is 6.17. The number of nitrogen functional groups attached to an aromatic ring is 1. The van der Waals surface area contributed by atoms with E-state index in [1.54, 1.807) is 12.1 Å². The third-order valence-corrected chi connectivity index (χ3v) is 6.28. The van der Waals surface area contributed by atoms with Gasteiger partial charge in [0.2, 0.25) is 27.0 Å². The van der Waals surface area contributed by atoms with Gasteiger partial charge in [0, 0.05) is 18.8 Å². The van der Waals surface area contributed by atoms with E-state index in [0.29, 0.717) is 37.1 Å². The number of ether oxygens (including phenoxy) is 1. The lowest BCUT2D eigenvalue weighted by molar-refractivity contribution is -0.113. The molecule has 0 atom stereocenters. The number of anilines is 2. The van der Waals surface area contributed by atoms with Gasteiger partial charge >= 0.3 is 0 Å². The average Bonchev–Trinajstić information content (AvgIpc) is 3.06. The number of hydrogen-bond acceptors (Lipinski definition) is 8. The minimum Gasteiger partial charge on any atom is -0.379 e. The van der Waals surface area contributed by atoms with Gasteiger partial charge in [-0.15, -0.1) is 5.10 Å². The Labute approximate surface area is 154 Å². The Hall–Kier alpha value is -2.15. The second-order valence-corrected chi connectivity index (χ2v) is 8.26. The molecule has 1 saturated heterocycles. The number of H-pyrrole nitrogens is 1. The molecular weight excluding hydrogens is 380 g/mol. The van der Waals surface area contributed by atoms with Crippen LogP contribution in [0, 0.1) is 0 Å². The predicted molar refractivity (Wildman–Crippen MR) is 96.2 cm³/mol. The van der Waals surface area contributed by atoms with Crippen LogP contribution in [0.3, 0.4) is 0 Å². The van der Waals surface area contributed by atoms with Crippen LogP contribution in [0.2, 0.25) is 0 Å². The summed E-state index contributed by atoms with van der Waals surface area (Å²) in [5.74, 6) is -0.0641. The van der Waals surface area contributed by atoms with Crippen LogP contribution in [0.4, 0.5) is 11.6 Å². The summed E-state index contributed by atoms with van der Waals surface area (Å²) in [4.78, 5) is 16.1. The third-order valence-electron chi connectivity index (χ3n) is 3.54. The summed E-state index contributed by atoms with van der Waals surface area (Å²) in [6.45, 7) is 1.38. The number of carbonyl (C=O) groups excluding carboxylic acids is 1. The van der Waals surface area contributed by atoms with Gasteiger partial charge in [-0.25, -0.2) is 13.5 Å². The first-order valence-corrected chi connectivity index (χ1v) is 10.2. The highest BCUT2D eigenvalue weighted by atomic mass is 32.2. The molecule has 26 heavy (non-hydrogen) atoms. The molecule has 1 fully saturated rings. The van der Waals surface area contributed by atoms with Crippen LogP contribution in [0.1, 0.15) is 0 Å². The topological polar surface area (TPSA) is 143 Å². The standard InChI is InChI=1S/C14H18N6O4S2/c15-13-17-14(19-18-13)25-9-12(21)16-10-2-1-3-11(8-10)26(22,23)20-4-6-24-7-5-20/h1-3,8H,4-7,9H2,(H,16,21)(H3,15,17,18,19). The van der Waals surface area contributed by atoms with Gasteiger partial charge in [0.05, 0.1) is 23.9 Å². The van der Waals surface area contributed by atoms with Crippen LogP contribution < -0.4 is 11.1 Å². The fourth-order valence-electron chi connectivity index (χ4n) is 2.32. The summed E-state index contributed by atoms with van der Waals surface area (Å²) in [5.41, 5.74) is 5.82. The van der Waals surface area contributed by atoms with Crippen LogP contribution in [-0.2, 0) is 19.6 Å². The molecule has 0 saturated carbocycles. The van der Waals surface area contributed by atoms with Crippen molar-refractivity contribution in [1.29, 1.82) is 0 Å². The maximum atomic E-state index is 12.7. The van der Waals surface area contributed by atoms with E-state index >= 15 is 0 Å². The zero-order valence-corrected chi connectivity index (χ0v) is 15.3. The number of amides is 1. The zero-order chi connectivity index (χ0) is 18.6. The number of aromatic amines is 1. The highest BCUT2D eigenvalue weighted by molar-refractivity contribution is 7.99. The number of hydrogen-bond donors (Lipinski definition) is 3. The Morgan fingerprint density at radius 2 is 2.15 bits per heavy atom. The van der Waals surface area contributed by atoms with Crippen molar-refractivity contribution < 1.29 is 17.9 Å². The normalized spacial score (nSPS) is 15.7. The van der Waals surface area contributed by atoms with Crippen molar-refractivity contribution in [1.82, 2.24) is 19.5 Å². The number of nitrogens with one attached hydrogen (secondary N) is 2. The van der Waals surface area contributed by atoms with Crippen molar-refractivity contribution in [2.45, 2.75) is 10.1 Å². The number of thioether (sulfide) groups is 1. The molecule has 0 radical (unpaired) electrons. The van der Waals surface area contributed by atoms with E-state index in [-0.39, 0.29) is 22.5 Å². The summed E-state index contributed by atoms with van der Waals surface area (Å²) in [7, 11) is -3.61. The molecule has 1 aliphatic heterocycles. The van der Waals surface area contributed by atoms with E-state index in [1.165, 1.54) is 16.4 Å². The van der Waals surface area contributed by atoms with Gasteiger partial charge < -0.3 is 15.8 Å². The monoisotopic (exact) mass is 398 g/mol. The summed E-state index contributed by atoms with van der Waals surface area (Å²) in [6.07, 6.45) is 0. The highest BCUT2D eigenvalue weighted by Gasteiger charge is 2.26. The van der Waals surface area contributed by atoms with Gasteiger partial charge in [-0.2, -0.15) is 9.29 Å². The molecule has 1 amide bonds. The molecule has 10 nitrogen and oxygen atoms in total. The minimum atomic E-state index is -3.61. The van der Waals surface area contributed by atoms with Gasteiger partial charge in [-0.05, 0) is 18.2 Å². The van der Waals surface area contributed by atoms with Gasteiger partial charge in [0.1, 0.15) is 0 Å². The molecule has 0 aliphatic carbocycles. The molecule has 0 bridgehead atoms. The summed E-state index contributed by atoms with van der Waals surface area (Å²) in [5, 5.41) is 9.33. The van der Waals surface area contributed by atoms with Crippen molar-refractivity contribution in [3.63, 3.8) is 0 Å². The van der Waals surface area contributed by atoms with E-state index < -0.39 is 10.0 Å². The Bertz CT molecular complexity index is 879. The lowest BCUT2D eigenvalue weighted by Crippen LogP contribution is -2.40. The number of aromatic nitrogens is 3. The smallest absolute Gasteiger partial charge is 0.243 e.